The second-order valence-electron chi connectivity index (χ2n) is 4.91. The van der Waals surface area contributed by atoms with Gasteiger partial charge in [-0.2, -0.15) is 0 Å². The predicted molar refractivity (Wildman–Crippen MR) is 65.7 cm³/mol. The fraction of sp³-hybridized carbons (Fsp3) is 0.833. The summed E-state index contributed by atoms with van der Waals surface area (Å²) < 4.78 is 5.10. The minimum absolute atomic E-state index is 0.116. The van der Waals surface area contributed by atoms with Crippen LogP contribution >= 0.6 is 0 Å². The van der Waals surface area contributed by atoms with Gasteiger partial charge in [0.1, 0.15) is 0 Å². The molecule has 0 bridgehead atoms. The topological polar surface area (TPSA) is 59.1 Å². The summed E-state index contributed by atoms with van der Waals surface area (Å²) in [5, 5.41) is 1.60. The highest BCUT2D eigenvalue weighted by atomic mass is 16.7. The van der Waals surface area contributed by atoms with Crippen LogP contribution in [0.15, 0.2) is 0 Å². The van der Waals surface area contributed by atoms with Crippen molar-refractivity contribution in [3.8, 4) is 0 Å². The Morgan fingerprint density at radius 2 is 1.56 bits per heavy atom. The van der Waals surface area contributed by atoms with Crippen LogP contribution in [0.3, 0.4) is 0 Å². The van der Waals surface area contributed by atoms with E-state index in [0.717, 1.165) is 0 Å². The number of amides is 1. The van der Waals surface area contributed by atoms with E-state index in [4.69, 9.17) is 9.57 Å². The van der Waals surface area contributed by atoms with E-state index < -0.39 is 0 Å². The van der Waals surface area contributed by atoms with Crippen LogP contribution < -0.4 is 0 Å². The molecule has 0 aromatic heterocycles. The van der Waals surface area contributed by atoms with Gasteiger partial charge in [0, 0.05) is 13.1 Å². The van der Waals surface area contributed by atoms with Crippen molar-refractivity contribution in [3.05, 3.63) is 0 Å². The number of hydroxylamine groups is 2. The molecule has 1 fully saturated rings. The molecule has 0 N–H and O–H groups in total. The standard InChI is InChI=1S/C12H22N2O4/c1-9(2)11(15)18-14-7-5-13(6-8-14)12(16)17-10(3)4/h9-10H,5-8H2,1-4H3. The molecule has 0 spiro atoms. The molecule has 0 unspecified atom stereocenters. The summed E-state index contributed by atoms with van der Waals surface area (Å²) in [5.41, 5.74) is 0. The van der Waals surface area contributed by atoms with Crippen LogP contribution in [0, 0.1) is 5.92 Å². The molecular formula is C12H22N2O4. The summed E-state index contributed by atoms with van der Waals surface area (Å²) in [6, 6.07) is 0. The van der Waals surface area contributed by atoms with E-state index in [0.29, 0.717) is 26.2 Å². The van der Waals surface area contributed by atoms with E-state index in [9.17, 15) is 9.59 Å². The zero-order valence-electron chi connectivity index (χ0n) is 11.5. The van der Waals surface area contributed by atoms with Crippen molar-refractivity contribution in [2.75, 3.05) is 26.2 Å². The van der Waals surface area contributed by atoms with E-state index in [1.807, 2.05) is 13.8 Å². The van der Waals surface area contributed by atoms with E-state index in [1.54, 1.807) is 23.8 Å². The average Bonchev–Trinajstić information content (AvgIpc) is 2.28. The van der Waals surface area contributed by atoms with Gasteiger partial charge in [0.15, 0.2) is 0 Å². The summed E-state index contributed by atoms with van der Waals surface area (Å²) in [7, 11) is 0. The van der Waals surface area contributed by atoms with Crippen LogP contribution in [0.2, 0.25) is 0 Å². The van der Waals surface area contributed by atoms with Gasteiger partial charge in [-0.3, -0.25) is 4.79 Å². The first-order valence-electron chi connectivity index (χ1n) is 6.32. The smallest absolute Gasteiger partial charge is 0.410 e. The van der Waals surface area contributed by atoms with Gasteiger partial charge in [-0.25, -0.2) is 4.79 Å². The lowest BCUT2D eigenvalue weighted by molar-refractivity contribution is -0.200. The Bertz CT molecular complexity index is 296. The third-order valence-corrected chi connectivity index (χ3v) is 2.52. The maximum atomic E-state index is 11.6. The lowest BCUT2D eigenvalue weighted by Gasteiger charge is -2.33. The lowest BCUT2D eigenvalue weighted by atomic mass is 10.2. The second kappa shape index (κ2) is 6.58. The van der Waals surface area contributed by atoms with Crippen molar-refractivity contribution >= 4 is 12.1 Å². The summed E-state index contributed by atoms with van der Waals surface area (Å²) >= 11 is 0. The van der Waals surface area contributed by atoms with Crippen molar-refractivity contribution in [2.45, 2.75) is 33.8 Å². The van der Waals surface area contributed by atoms with Gasteiger partial charge < -0.3 is 14.5 Å². The Hall–Kier alpha value is -1.30. The van der Waals surface area contributed by atoms with Crippen molar-refractivity contribution in [1.29, 1.82) is 0 Å². The van der Waals surface area contributed by atoms with E-state index >= 15 is 0 Å². The van der Waals surface area contributed by atoms with Crippen LogP contribution in [0.4, 0.5) is 4.79 Å². The molecule has 1 saturated heterocycles. The minimum Gasteiger partial charge on any atom is -0.447 e. The van der Waals surface area contributed by atoms with Gasteiger partial charge in [-0.05, 0) is 13.8 Å². The first-order valence-corrected chi connectivity index (χ1v) is 6.32. The normalized spacial score (nSPS) is 17.1. The molecule has 0 aliphatic carbocycles. The maximum Gasteiger partial charge on any atom is 0.410 e. The van der Waals surface area contributed by atoms with Crippen molar-refractivity contribution in [3.63, 3.8) is 0 Å². The quantitative estimate of drug-likeness (QED) is 0.763. The van der Waals surface area contributed by atoms with E-state index in [-0.39, 0.29) is 24.1 Å². The van der Waals surface area contributed by atoms with E-state index in [1.165, 1.54) is 0 Å². The molecule has 1 heterocycles. The number of hydrogen-bond acceptors (Lipinski definition) is 5. The number of piperazine rings is 1. The summed E-state index contributed by atoms with van der Waals surface area (Å²) in [4.78, 5) is 29.8. The number of ether oxygens (including phenoxy) is 1. The zero-order valence-corrected chi connectivity index (χ0v) is 11.5. The molecule has 0 saturated carbocycles. The van der Waals surface area contributed by atoms with Crippen LogP contribution in [0.25, 0.3) is 0 Å². The monoisotopic (exact) mass is 258 g/mol. The van der Waals surface area contributed by atoms with Crippen LogP contribution in [-0.2, 0) is 14.4 Å². The van der Waals surface area contributed by atoms with Crippen molar-refractivity contribution in [2.24, 2.45) is 5.92 Å². The highest BCUT2D eigenvalue weighted by molar-refractivity contribution is 5.71. The van der Waals surface area contributed by atoms with Gasteiger partial charge in [0.2, 0.25) is 0 Å². The van der Waals surface area contributed by atoms with Gasteiger partial charge in [-0.15, -0.1) is 5.06 Å². The highest BCUT2D eigenvalue weighted by Crippen LogP contribution is 2.07. The van der Waals surface area contributed by atoms with Crippen molar-refractivity contribution < 1.29 is 19.2 Å². The zero-order chi connectivity index (χ0) is 13.7. The molecule has 0 aromatic rings. The van der Waals surface area contributed by atoms with Gasteiger partial charge in [0.05, 0.1) is 25.1 Å². The number of nitrogens with zero attached hydrogens (tertiary/aromatic N) is 2. The van der Waals surface area contributed by atoms with Gasteiger partial charge >= 0.3 is 12.1 Å². The first-order chi connectivity index (χ1) is 8.40. The van der Waals surface area contributed by atoms with Gasteiger partial charge in [0.25, 0.3) is 0 Å². The molecule has 0 aromatic carbocycles. The third kappa shape index (κ3) is 4.52. The molecule has 6 heteroatoms. The Morgan fingerprint density at radius 1 is 1.00 bits per heavy atom. The molecule has 1 rings (SSSR count). The number of rotatable bonds is 3. The fourth-order valence-corrected chi connectivity index (χ4v) is 1.47. The predicted octanol–water partition coefficient (Wildman–Crippen LogP) is 1.26. The first kappa shape index (κ1) is 14.8. The number of carbonyl (C=O) groups excluding carboxylic acids is 2. The molecule has 0 atom stereocenters. The summed E-state index contributed by atoms with van der Waals surface area (Å²) in [6.45, 7) is 9.28. The molecule has 1 aliphatic heterocycles. The largest absolute Gasteiger partial charge is 0.447 e. The Kier molecular flexibility index (Phi) is 5.40. The minimum atomic E-state index is -0.306. The molecule has 1 amide bonds. The molecule has 18 heavy (non-hydrogen) atoms. The SMILES string of the molecule is CC(C)OC(=O)N1CCN(OC(=O)C(C)C)CC1. The Balaban J connectivity index is 2.32. The summed E-state index contributed by atoms with van der Waals surface area (Å²) in [6.07, 6.45) is -0.422. The van der Waals surface area contributed by atoms with Crippen LogP contribution in [-0.4, -0.2) is 54.3 Å². The van der Waals surface area contributed by atoms with E-state index in [2.05, 4.69) is 0 Å². The molecule has 6 nitrogen and oxygen atoms in total. The molecule has 104 valence electrons. The molecule has 0 radical (unpaired) electrons. The maximum absolute atomic E-state index is 11.6. The number of carbonyl (C=O) groups is 2. The third-order valence-electron chi connectivity index (χ3n) is 2.52. The van der Waals surface area contributed by atoms with Gasteiger partial charge in [-0.1, -0.05) is 13.8 Å². The molecule has 1 aliphatic rings. The van der Waals surface area contributed by atoms with Crippen LogP contribution in [0.1, 0.15) is 27.7 Å². The average molecular weight is 258 g/mol. The molecular weight excluding hydrogens is 236 g/mol. The van der Waals surface area contributed by atoms with Crippen molar-refractivity contribution in [1.82, 2.24) is 9.96 Å². The lowest BCUT2D eigenvalue weighted by Crippen LogP contribution is -2.49. The Morgan fingerprint density at radius 3 is 2.00 bits per heavy atom. The Labute approximate surface area is 108 Å². The van der Waals surface area contributed by atoms with Crippen LogP contribution in [0.5, 0.6) is 0 Å². The summed E-state index contributed by atoms with van der Waals surface area (Å²) in [5.74, 6) is -0.387. The second-order valence-corrected chi connectivity index (χ2v) is 4.91. The fourth-order valence-electron chi connectivity index (χ4n) is 1.47. The highest BCUT2D eigenvalue weighted by Gasteiger charge is 2.25. The number of hydrogen-bond donors (Lipinski definition) is 0.